The van der Waals surface area contributed by atoms with Gasteiger partial charge < -0.3 is 0 Å². The van der Waals surface area contributed by atoms with E-state index in [1.165, 1.54) is 18.4 Å². The van der Waals surface area contributed by atoms with Crippen molar-refractivity contribution in [2.24, 2.45) is 16.7 Å². The summed E-state index contributed by atoms with van der Waals surface area (Å²) in [6, 6.07) is 13.4. The van der Waals surface area contributed by atoms with Gasteiger partial charge in [0.25, 0.3) is 0 Å². The Morgan fingerprint density at radius 2 is 1.84 bits per heavy atom. The average molecular weight is 334 g/mol. The molecule has 25 heavy (non-hydrogen) atoms. The number of hydrogen-bond acceptors (Lipinski definition) is 1. The predicted octanol–water partition coefficient (Wildman–Crippen LogP) is 6.79. The van der Waals surface area contributed by atoms with E-state index in [1.807, 2.05) is 0 Å². The molecule has 2 aliphatic rings. The second kappa shape index (κ2) is 7.61. The van der Waals surface area contributed by atoms with Crippen molar-refractivity contribution in [2.45, 2.75) is 64.7 Å². The second-order valence-corrected chi connectivity index (χ2v) is 8.34. The van der Waals surface area contributed by atoms with Crippen molar-refractivity contribution in [1.29, 1.82) is 5.26 Å². The highest BCUT2D eigenvalue weighted by molar-refractivity contribution is 5.34. The van der Waals surface area contributed by atoms with E-state index in [0.29, 0.717) is 11.8 Å². The molecule has 3 rings (SSSR count). The standard InChI is InChI=1S/C24H31N/c1-3-23(16-17-24(19-25)13-7-8-20(2)18-24)14-11-22(12-15-23)21-9-5-4-6-10-21/h4-6,9-12,14-15,20,22H,3,7-8,13,16-18H2,1-2H3. The molecule has 0 radical (unpaired) electrons. The van der Waals surface area contributed by atoms with Crippen molar-refractivity contribution < 1.29 is 0 Å². The molecule has 1 aromatic rings. The summed E-state index contributed by atoms with van der Waals surface area (Å²) in [5.41, 5.74) is 1.41. The van der Waals surface area contributed by atoms with Crippen molar-refractivity contribution in [3.05, 3.63) is 60.2 Å². The van der Waals surface area contributed by atoms with E-state index in [2.05, 4.69) is 74.6 Å². The maximum absolute atomic E-state index is 9.85. The molecule has 0 aliphatic heterocycles. The minimum atomic E-state index is -0.0855. The van der Waals surface area contributed by atoms with Crippen molar-refractivity contribution in [1.82, 2.24) is 0 Å². The number of rotatable bonds is 5. The molecule has 1 nitrogen and oxygen atoms in total. The summed E-state index contributed by atoms with van der Waals surface area (Å²) in [6.45, 7) is 4.59. The van der Waals surface area contributed by atoms with Crippen LogP contribution in [0.15, 0.2) is 54.6 Å². The minimum absolute atomic E-state index is 0.0855. The Labute approximate surface area is 153 Å². The zero-order valence-electron chi connectivity index (χ0n) is 15.7. The van der Waals surface area contributed by atoms with Gasteiger partial charge in [-0.25, -0.2) is 0 Å². The van der Waals surface area contributed by atoms with Crippen LogP contribution in [0.1, 0.15) is 70.3 Å². The van der Waals surface area contributed by atoms with Gasteiger partial charge in [-0.05, 0) is 43.6 Å². The molecule has 0 amide bonds. The van der Waals surface area contributed by atoms with Crippen LogP contribution in [-0.4, -0.2) is 0 Å². The van der Waals surface area contributed by atoms with Gasteiger partial charge in [-0.3, -0.25) is 0 Å². The lowest BCUT2D eigenvalue weighted by atomic mass is 9.65. The molecule has 2 atom stereocenters. The number of nitriles is 1. The van der Waals surface area contributed by atoms with Gasteiger partial charge in [-0.2, -0.15) is 5.26 Å². The van der Waals surface area contributed by atoms with Crippen LogP contribution >= 0.6 is 0 Å². The van der Waals surface area contributed by atoms with E-state index in [9.17, 15) is 5.26 Å². The quantitative estimate of drug-likeness (QED) is 0.544. The van der Waals surface area contributed by atoms with Crippen LogP contribution in [-0.2, 0) is 0 Å². The summed E-state index contributed by atoms with van der Waals surface area (Å²) in [5, 5.41) is 9.85. The van der Waals surface area contributed by atoms with Crippen LogP contribution in [0.2, 0.25) is 0 Å². The van der Waals surface area contributed by atoms with Gasteiger partial charge in [-0.15, -0.1) is 0 Å². The molecular formula is C24H31N. The van der Waals surface area contributed by atoms with Crippen LogP contribution < -0.4 is 0 Å². The first kappa shape index (κ1) is 18.0. The lowest BCUT2D eigenvalue weighted by molar-refractivity contribution is 0.178. The van der Waals surface area contributed by atoms with E-state index >= 15 is 0 Å². The molecule has 0 N–H and O–H groups in total. The van der Waals surface area contributed by atoms with E-state index in [0.717, 1.165) is 32.1 Å². The number of hydrogen-bond donors (Lipinski definition) is 0. The predicted molar refractivity (Wildman–Crippen MR) is 105 cm³/mol. The fourth-order valence-electron chi connectivity index (χ4n) is 4.70. The summed E-state index contributed by atoms with van der Waals surface area (Å²) < 4.78 is 0. The van der Waals surface area contributed by atoms with Crippen molar-refractivity contribution in [3.8, 4) is 6.07 Å². The number of benzene rings is 1. The van der Waals surface area contributed by atoms with Gasteiger partial charge in [0.1, 0.15) is 0 Å². The molecule has 0 heterocycles. The van der Waals surface area contributed by atoms with E-state index < -0.39 is 0 Å². The normalized spacial score (nSPS) is 34.6. The number of allylic oxidation sites excluding steroid dienone is 4. The summed E-state index contributed by atoms with van der Waals surface area (Å²) >= 11 is 0. The van der Waals surface area contributed by atoms with Gasteiger partial charge in [0.05, 0.1) is 11.5 Å². The Morgan fingerprint density at radius 1 is 1.12 bits per heavy atom. The lowest BCUT2D eigenvalue weighted by Gasteiger charge is -2.38. The van der Waals surface area contributed by atoms with E-state index in [4.69, 9.17) is 0 Å². The zero-order valence-corrected chi connectivity index (χ0v) is 15.7. The summed E-state index contributed by atoms with van der Waals surface area (Å²) in [5.74, 6) is 1.09. The molecule has 2 aliphatic carbocycles. The maximum Gasteiger partial charge on any atom is 0.0689 e. The molecule has 1 saturated carbocycles. The van der Waals surface area contributed by atoms with E-state index in [-0.39, 0.29) is 10.8 Å². The maximum atomic E-state index is 9.85. The first-order chi connectivity index (χ1) is 12.1. The first-order valence-electron chi connectivity index (χ1n) is 9.95. The fraction of sp³-hybridized carbons (Fsp3) is 0.542. The molecule has 1 heteroatoms. The smallest absolute Gasteiger partial charge is 0.0689 e. The van der Waals surface area contributed by atoms with Gasteiger partial charge in [0, 0.05) is 11.3 Å². The summed E-state index contributed by atoms with van der Waals surface area (Å²) in [7, 11) is 0. The largest absolute Gasteiger partial charge is 0.198 e. The Morgan fingerprint density at radius 3 is 2.44 bits per heavy atom. The van der Waals surface area contributed by atoms with Crippen LogP contribution in [0.4, 0.5) is 0 Å². The molecule has 0 bridgehead atoms. The fourth-order valence-corrected chi connectivity index (χ4v) is 4.70. The topological polar surface area (TPSA) is 23.8 Å². The Hall–Kier alpha value is -1.81. The number of nitrogens with zero attached hydrogens (tertiary/aromatic N) is 1. The van der Waals surface area contributed by atoms with Crippen LogP contribution in [0, 0.1) is 28.1 Å². The molecule has 132 valence electrons. The highest BCUT2D eigenvalue weighted by Gasteiger charge is 2.37. The SMILES string of the molecule is CCC1(CCC2(C#N)CCCC(C)C2)C=CC(c2ccccc2)C=C1. The van der Waals surface area contributed by atoms with Crippen molar-refractivity contribution >= 4 is 0 Å². The molecule has 1 aromatic carbocycles. The molecular weight excluding hydrogens is 302 g/mol. The molecule has 0 saturated heterocycles. The third-order valence-electron chi connectivity index (χ3n) is 6.51. The third kappa shape index (κ3) is 4.06. The van der Waals surface area contributed by atoms with Crippen molar-refractivity contribution in [2.75, 3.05) is 0 Å². The van der Waals surface area contributed by atoms with E-state index in [1.54, 1.807) is 0 Å². The van der Waals surface area contributed by atoms with Crippen LogP contribution in [0.25, 0.3) is 0 Å². The first-order valence-corrected chi connectivity index (χ1v) is 9.95. The third-order valence-corrected chi connectivity index (χ3v) is 6.51. The van der Waals surface area contributed by atoms with Crippen LogP contribution in [0.3, 0.4) is 0 Å². The average Bonchev–Trinajstić information content (AvgIpc) is 2.67. The molecule has 1 fully saturated rings. The highest BCUT2D eigenvalue weighted by Crippen LogP contribution is 2.46. The Bertz CT molecular complexity index is 649. The molecule has 2 unspecified atom stereocenters. The second-order valence-electron chi connectivity index (χ2n) is 8.34. The van der Waals surface area contributed by atoms with Gasteiger partial charge in [-0.1, -0.05) is 81.3 Å². The monoisotopic (exact) mass is 333 g/mol. The minimum Gasteiger partial charge on any atom is -0.198 e. The highest BCUT2D eigenvalue weighted by atomic mass is 14.4. The lowest BCUT2D eigenvalue weighted by Crippen LogP contribution is -2.29. The van der Waals surface area contributed by atoms with Crippen LogP contribution in [0.5, 0.6) is 0 Å². The van der Waals surface area contributed by atoms with Crippen molar-refractivity contribution in [3.63, 3.8) is 0 Å². The Kier molecular flexibility index (Phi) is 5.48. The molecule has 0 aromatic heterocycles. The van der Waals surface area contributed by atoms with Gasteiger partial charge in [0.15, 0.2) is 0 Å². The van der Waals surface area contributed by atoms with Gasteiger partial charge >= 0.3 is 0 Å². The summed E-state index contributed by atoms with van der Waals surface area (Å²) in [4.78, 5) is 0. The van der Waals surface area contributed by atoms with Gasteiger partial charge in [0.2, 0.25) is 0 Å². The molecule has 0 spiro atoms. The Balaban J connectivity index is 1.69. The zero-order chi connectivity index (χ0) is 17.8. The summed E-state index contributed by atoms with van der Waals surface area (Å²) in [6.07, 6.45) is 17.5.